The first kappa shape index (κ1) is 17.1. The summed E-state index contributed by atoms with van der Waals surface area (Å²) in [6, 6.07) is 12.9. The topological polar surface area (TPSA) is 52.3 Å². The molecule has 2 aromatic carbocycles. The largest absolute Gasteiger partial charge is 0.493 e. The van der Waals surface area contributed by atoms with Crippen LogP contribution in [0.4, 0.5) is 5.69 Å². The molecule has 0 aromatic heterocycles. The van der Waals surface area contributed by atoms with Crippen LogP contribution in [0.5, 0.6) is 5.75 Å². The summed E-state index contributed by atoms with van der Waals surface area (Å²) in [5.74, 6) is 0.571. The fraction of sp³-hybridized carbons (Fsp3) is 0.350. The van der Waals surface area contributed by atoms with Gasteiger partial charge in [-0.1, -0.05) is 45.9 Å². The lowest BCUT2D eigenvalue weighted by Gasteiger charge is -2.21. The molecule has 0 aliphatic carbocycles. The number of ketones is 1. The molecular formula is C20H25NO2. The van der Waals surface area contributed by atoms with Crippen molar-refractivity contribution in [2.45, 2.75) is 39.5 Å². The lowest BCUT2D eigenvalue weighted by molar-refractivity contribution is 0.103. The van der Waals surface area contributed by atoms with Crippen molar-refractivity contribution in [1.29, 1.82) is 0 Å². The van der Waals surface area contributed by atoms with Crippen LogP contribution in [0, 0.1) is 0 Å². The number of carbonyl (C=O) groups excluding carboxylic acids is 1. The van der Waals surface area contributed by atoms with E-state index in [9.17, 15) is 4.79 Å². The maximum absolute atomic E-state index is 12.9. The molecule has 3 heteroatoms. The number of nitrogen functional groups attached to an aromatic ring is 1. The van der Waals surface area contributed by atoms with Gasteiger partial charge in [-0.25, -0.2) is 0 Å². The predicted octanol–water partition coefficient (Wildman–Crippen LogP) is 4.59. The minimum atomic E-state index is -0.0606. The van der Waals surface area contributed by atoms with Crippen LogP contribution in [0.15, 0.2) is 42.5 Å². The van der Waals surface area contributed by atoms with Crippen LogP contribution in [0.25, 0.3) is 0 Å². The zero-order chi connectivity index (χ0) is 17.0. The molecule has 0 amide bonds. The second-order valence-electron chi connectivity index (χ2n) is 6.76. The highest BCUT2D eigenvalue weighted by Crippen LogP contribution is 2.30. The highest BCUT2D eigenvalue weighted by atomic mass is 16.5. The van der Waals surface area contributed by atoms with E-state index in [1.807, 2.05) is 25.1 Å². The second-order valence-corrected chi connectivity index (χ2v) is 6.76. The van der Waals surface area contributed by atoms with Gasteiger partial charge < -0.3 is 10.5 Å². The van der Waals surface area contributed by atoms with Crippen molar-refractivity contribution in [2.75, 3.05) is 12.3 Å². The summed E-state index contributed by atoms with van der Waals surface area (Å²) < 4.78 is 5.77. The summed E-state index contributed by atoms with van der Waals surface area (Å²) in [4.78, 5) is 12.9. The van der Waals surface area contributed by atoms with E-state index in [0.29, 0.717) is 29.2 Å². The summed E-state index contributed by atoms with van der Waals surface area (Å²) in [5.41, 5.74) is 8.64. The Balaban J connectivity index is 2.49. The Labute approximate surface area is 138 Å². The number of nitrogens with two attached hydrogens (primary N) is 1. The summed E-state index contributed by atoms with van der Waals surface area (Å²) >= 11 is 0. The van der Waals surface area contributed by atoms with Gasteiger partial charge in [0, 0.05) is 11.3 Å². The average Bonchev–Trinajstić information content (AvgIpc) is 2.51. The van der Waals surface area contributed by atoms with Gasteiger partial charge >= 0.3 is 0 Å². The monoisotopic (exact) mass is 311 g/mol. The second kappa shape index (κ2) is 6.86. The standard InChI is InChI=1S/C20H25NO2/c1-5-11-23-18-10-9-15(20(2,3)4)13-17(18)19(22)14-7-6-8-16(21)12-14/h6-10,12-13H,5,11,21H2,1-4H3. The Morgan fingerprint density at radius 2 is 1.87 bits per heavy atom. The SMILES string of the molecule is CCCOc1ccc(C(C)(C)C)cc1C(=O)c1cccc(N)c1. The van der Waals surface area contributed by atoms with Crippen LogP contribution in [0.2, 0.25) is 0 Å². The van der Waals surface area contributed by atoms with Crippen LogP contribution in [0.3, 0.4) is 0 Å². The van der Waals surface area contributed by atoms with Gasteiger partial charge in [-0.05, 0) is 41.7 Å². The highest BCUT2D eigenvalue weighted by molar-refractivity contribution is 6.11. The lowest BCUT2D eigenvalue weighted by atomic mass is 9.85. The molecule has 0 saturated heterocycles. The van der Waals surface area contributed by atoms with Crippen molar-refractivity contribution in [3.8, 4) is 5.75 Å². The normalized spacial score (nSPS) is 11.3. The van der Waals surface area contributed by atoms with Gasteiger partial charge in [-0.2, -0.15) is 0 Å². The number of benzene rings is 2. The molecule has 0 spiro atoms. The molecule has 23 heavy (non-hydrogen) atoms. The molecule has 2 aromatic rings. The zero-order valence-corrected chi connectivity index (χ0v) is 14.3. The summed E-state index contributed by atoms with van der Waals surface area (Å²) in [6.07, 6.45) is 0.896. The number of hydrogen-bond donors (Lipinski definition) is 1. The highest BCUT2D eigenvalue weighted by Gasteiger charge is 2.20. The van der Waals surface area contributed by atoms with E-state index in [1.165, 1.54) is 0 Å². The van der Waals surface area contributed by atoms with E-state index in [2.05, 4.69) is 20.8 Å². The number of rotatable bonds is 5. The van der Waals surface area contributed by atoms with Crippen molar-refractivity contribution >= 4 is 11.5 Å². The van der Waals surface area contributed by atoms with Gasteiger partial charge in [0.1, 0.15) is 5.75 Å². The third-order valence-electron chi connectivity index (χ3n) is 3.70. The molecule has 0 aliphatic heterocycles. The number of ether oxygens (including phenoxy) is 1. The molecule has 0 fully saturated rings. The minimum absolute atomic E-state index is 0.0337. The van der Waals surface area contributed by atoms with Crippen molar-refractivity contribution in [3.05, 3.63) is 59.2 Å². The van der Waals surface area contributed by atoms with Gasteiger partial charge in [0.2, 0.25) is 0 Å². The molecule has 3 nitrogen and oxygen atoms in total. The molecule has 2 N–H and O–H groups in total. The first-order chi connectivity index (χ1) is 10.8. The van der Waals surface area contributed by atoms with E-state index in [4.69, 9.17) is 10.5 Å². The fourth-order valence-corrected chi connectivity index (χ4v) is 2.35. The van der Waals surface area contributed by atoms with E-state index in [0.717, 1.165) is 12.0 Å². The molecule has 0 aliphatic rings. The number of hydrogen-bond acceptors (Lipinski definition) is 3. The maximum atomic E-state index is 12.9. The van der Waals surface area contributed by atoms with Gasteiger partial charge in [-0.3, -0.25) is 4.79 Å². The maximum Gasteiger partial charge on any atom is 0.196 e. The van der Waals surface area contributed by atoms with Gasteiger partial charge in [0.25, 0.3) is 0 Å². The summed E-state index contributed by atoms with van der Waals surface area (Å²) in [7, 11) is 0. The van der Waals surface area contributed by atoms with Crippen molar-refractivity contribution < 1.29 is 9.53 Å². The molecule has 0 heterocycles. The van der Waals surface area contributed by atoms with Crippen LogP contribution in [0.1, 0.15) is 55.6 Å². The molecule has 0 bridgehead atoms. The third-order valence-corrected chi connectivity index (χ3v) is 3.70. The Morgan fingerprint density at radius 3 is 2.48 bits per heavy atom. The van der Waals surface area contributed by atoms with Crippen molar-refractivity contribution in [2.24, 2.45) is 0 Å². The lowest BCUT2D eigenvalue weighted by Crippen LogP contribution is -2.14. The van der Waals surface area contributed by atoms with E-state index in [-0.39, 0.29) is 11.2 Å². The third kappa shape index (κ3) is 4.13. The quantitative estimate of drug-likeness (QED) is 0.649. The van der Waals surface area contributed by atoms with Crippen LogP contribution in [-0.4, -0.2) is 12.4 Å². The van der Waals surface area contributed by atoms with E-state index < -0.39 is 0 Å². The first-order valence-corrected chi connectivity index (χ1v) is 8.00. The Hall–Kier alpha value is -2.29. The van der Waals surface area contributed by atoms with Crippen molar-refractivity contribution in [1.82, 2.24) is 0 Å². The molecule has 122 valence electrons. The predicted molar refractivity (Wildman–Crippen MR) is 95.2 cm³/mol. The summed E-state index contributed by atoms with van der Waals surface area (Å²) in [6.45, 7) is 9.02. The molecule has 0 atom stereocenters. The van der Waals surface area contributed by atoms with Gasteiger partial charge in [0.05, 0.1) is 12.2 Å². The van der Waals surface area contributed by atoms with Crippen LogP contribution < -0.4 is 10.5 Å². The van der Waals surface area contributed by atoms with E-state index >= 15 is 0 Å². The van der Waals surface area contributed by atoms with Gasteiger partial charge in [0.15, 0.2) is 5.78 Å². The molecule has 0 saturated carbocycles. The molecule has 0 radical (unpaired) electrons. The number of carbonyl (C=O) groups is 1. The van der Waals surface area contributed by atoms with E-state index in [1.54, 1.807) is 24.3 Å². The molecule has 0 unspecified atom stereocenters. The van der Waals surface area contributed by atoms with Crippen LogP contribution in [-0.2, 0) is 5.41 Å². The Morgan fingerprint density at radius 1 is 1.13 bits per heavy atom. The zero-order valence-electron chi connectivity index (χ0n) is 14.3. The number of anilines is 1. The van der Waals surface area contributed by atoms with Crippen LogP contribution >= 0.6 is 0 Å². The molecule has 2 rings (SSSR count). The molecular weight excluding hydrogens is 286 g/mol. The first-order valence-electron chi connectivity index (χ1n) is 8.00. The van der Waals surface area contributed by atoms with Gasteiger partial charge in [-0.15, -0.1) is 0 Å². The Bertz CT molecular complexity index is 699. The average molecular weight is 311 g/mol. The minimum Gasteiger partial charge on any atom is -0.493 e. The Kier molecular flexibility index (Phi) is 5.09. The summed E-state index contributed by atoms with van der Waals surface area (Å²) in [5, 5.41) is 0. The smallest absolute Gasteiger partial charge is 0.196 e. The fourth-order valence-electron chi connectivity index (χ4n) is 2.35. The van der Waals surface area contributed by atoms with Crippen molar-refractivity contribution in [3.63, 3.8) is 0 Å².